The lowest BCUT2D eigenvalue weighted by molar-refractivity contribution is -0.119. The van der Waals surface area contributed by atoms with E-state index in [0.717, 1.165) is 49.1 Å². The Labute approximate surface area is 126 Å². The Morgan fingerprint density at radius 2 is 1.65 bits per heavy atom. The molecule has 1 spiro atoms. The van der Waals surface area contributed by atoms with Crippen LogP contribution in [-0.4, -0.2) is 5.78 Å². The van der Waals surface area contributed by atoms with Gasteiger partial charge in [-0.25, -0.2) is 0 Å². The molecule has 1 aromatic carbocycles. The van der Waals surface area contributed by atoms with E-state index in [9.17, 15) is 4.79 Å². The molecule has 0 radical (unpaired) electrons. The second-order valence-corrected chi connectivity index (χ2v) is 6.56. The van der Waals surface area contributed by atoms with E-state index in [4.69, 9.17) is 11.6 Å². The number of hydrogen-bond donors (Lipinski definition) is 0. The molecule has 2 aliphatic rings. The van der Waals surface area contributed by atoms with Crippen molar-refractivity contribution in [3.8, 4) is 0 Å². The minimum atomic E-state index is 0.207. The average molecular weight is 289 g/mol. The van der Waals surface area contributed by atoms with Crippen molar-refractivity contribution in [3.05, 3.63) is 41.5 Å². The van der Waals surface area contributed by atoms with Gasteiger partial charge in [-0.15, -0.1) is 0 Å². The van der Waals surface area contributed by atoms with Crippen LogP contribution in [0.3, 0.4) is 0 Å². The van der Waals surface area contributed by atoms with E-state index in [1.807, 2.05) is 18.2 Å². The molecular formula is C18H21ClO. The first-order chi connectivity index (χ1) is 9.71. The van der Waals surface area contributed by atoms with E-state index in [1.165, 1.54) is 18.4 Å². The van der Waals surface area contributed by atoms with E-state index < -0.39 is 0 Å². The predicted octanol–water partition coefficient (Wildman–Crippen LogP) is 5.34. The summed E-state index contributed by atoms with van der Waals surface area (Å²) in [7, 11) is 0. The Balaban J connectivity index is 1.97. The van der Waals surface area contributed by atoms with Crippen molar-refractivity contribution in [2.75, 3.05) is 0 Å². The smallest absolute Gasteiger partial charge is 0.132 e. The van der Waals surface area contributed by atoms with Crippen LogP contribution >= 0.6 is 11.6 Å². The first-order valence-electron chi connectivity index (χ1n) is 7.68. The molecule has 0 heterocycles. The number of halogens is 1. The normalized spacial score (nSPS) is 29.6. The molecule has 106 valence electrons. The zero-order valence-corrected chi connectivity index (χ0v) is 12.6. The van der Waals surface area contributed by atoms with Crippen LogP contribution in [0.25, 0.3) is 5.03 Å². The largest absolute Gasteiger partial charge is 0.300 e. The molecule has 0 unspecified atom stereocenters. The first kappa shape index (κ1) is 13.9. The summed E-state index contributed by atoms with van der Waals surface area (Å²) < 4.78 is 0. The van der Waals surface area contributed by atoms with Crippen molar-refractivity contribution in [2.24, 2.45) is 5.41 Å². The fourth-order valence-corrected chi connectivity index (χ4v) is 4.35. The molecule has 2 fully saturated rings. The Kier molecular flexibility index (Phi) is 3.98. The maximum absolute atomic E-state index is 11.7. The molecule has 1 aromatic rings. The van der Waals surface area contributed by atoms with Gasteiger partial charge in [-0.1, -0.05) is 41.9 Å². The Bertz CT molecular complexity index is 532. The molecular weight excluding hydrogens is 268 g/mol. The van der Waals surface area contributed by atoms with Crippen LogP contribution in [-0.2, 0) is 4.79 Å². The predicted molar refractivity (Wildman–Crippen MR) is 83.6 cm³/mol. The van der Waals surface area contributed by atoms with Crippen molar-refractivity contribution in [1.82, 2.24) is 0 Å². The summed E-state index contributed by atoms with van der Waals surface area (Å²) in [5.74, 6) is 0.434. The monoisotopic (exact) mass is 288 g/mol. The van der Waals surface area contributed by atoms with Gasteiger partial charge >= 0.3 is 0 Å². The van der Waals surface area contributed by atoms with E-state index in [-0.39, 0.29) is 5.41 Å². The molecule has 0 N–H and O–H groups in total. The summed E-state index contributed by atoms with van der Waals surface area (Å²) in [4.78, 5) is 11.7. The van der Waals surface area contributed by atoms with Gasteiger partial charge in [0.1, 0.15) is 5.78 Å². The SMILES string of the molecule is O=C1CCC[C@]2(CCC/C2=C(\Cl)c2ccccc2)CC1. The topological polar surface area (TPSA) is 17.1 Å². The number of rotatable bonds is 1. The van der Waals surface area contributed by atoms with Crippen LogP contribution in [0.5, 0.6) is 0 Å². The van der Waals surface area contributed by atoms with Gasteiger partial charge in [0, 0.05) is 17.9 Å². The summed E-state index contributed by atoms with van der Waals surface area (Å²) in [6.45, 7) is 0. The van der Waals surface area contributed by atoms with Crippen molar-refractivity contribution in [3.63, 3.8) is 0 Å². The van der Waals surface area contributed by atoms with Crippen LogP contribution in [0, 0.1) is 5.41 Å². The number of carbonyl (C=O) groups excluding carboxylic acids is 1. The fourth-order valence-electron chi connectivity index (χ4n) is 3.93. The van der Waals surface area contributed by atoms with Gasteiger partial charge in [-0.2, -0.15) is 0 Å². The van der Waals surface area contributed by atoms with Crippen LogP contribution < -0.4 is 0 Å². The van der Waals surface area contributed by atoms with Crippen LogP contribution in [0.2, 0.25) is 0 Å². The molecule has 2 aliphatic carbocycles. The average Bonchev–Trinajstić information content (AvgIpc) is 2.79. The molecule has 0 saturated heterocycles. The third kappa shape index (κ3) is 2.56. The van der Waals surface area contributed by atoms with E-state index in [0.29, 0.717) is 5.78 Å². The highest BCUT2D eigenvalue weighted by atomic mass is 35.5. The number of hydrogen-bond acceptors (Lipinski definition) is 1. The minimum absolute atomic E-state index is 0.207. The highest BCUT2D eigenvalue weighted by molar-refractivity contribution is 6.49. The van der Waals surface area contributed by atoms with Crippen molar-refractivity contribution in [1.29, 1.82) is 0 Å². The third-order valence-corrected chi connectivity index (χ3v) is 5.45. The van der Waals surface area contributed by atoms with Gasteiger partial charge in [0.2, 0.25) is 0 Å². The van der Waals surface area contributed by atoms with Crippen LogP contribution in [0.4, 0.5) is 0 Å². The van der Waals surface area contributed by atoms with Gasteiger partial charge < -0.3 is 0 Å². The molecule has 2 heteroatoms. The molecule has 3 rings (SSSR count). The van der Waals surface area contributed by atoms with Crippen molar-refractivity contribution < 1.29 is 4.79 Å². The van der Waals surface area contributed by atoms with Gasteiger partial charge in [0.15, 0.2) is 0 Å². The summed E-state index contributed by atoms with van der Waals surface area (Å²) in [5, 5.41) is 0.942. The lowest BCUT2D eigenvalue weighted by Crippen LogP contribution is -2.18. The summed E-state index contributed by atoms with van der Waals surface area (Å²) in [5.41, 5.74) is 2.75. The minimum Gasteiger partial charge on any atom is -0.300 e. The fraction of sp³-hybridized carbons (Fsp3) is 0.500. The van der Waals surface area contributed by atoms with Gasteiger partial charge in [-0.05, 0) is 55.1 Å². The first-order valence-corrected chi connectivity index (χ1v) is 8.05. The van der Waals surface area contributed by atoms with E-state index in [2.05, 4.69) is 12.1 Å². The summed E-state index contributed by atoms with van der Waals surface area (Å²) in [6, 6.07) is 10.3. The number of benzene rings is 1. The second kappa shape index (κ2) is 5.73. The van der Waals surface area contributed by atoms with Crippen LogP contribution in [0.1, 0.15) is 56.9 Å². The standard InChI is InChI=1S/C18H21ClO/c19-17(14-6-2-1-3-7-14)16-9-5-12-18(16)11-4-8-15(20)10-13-18/h1-3,6-7H,4-5,8-13H2/b17-16+/t18-/m0/s1. The highest BCUT2D eigenvalue weighted by Crippen LogP contribution is 2.54. The molecule has 20 heavy (non-hydrogen) atoms. The number of ketones is 1. The molecule has 1 atom stereocenters. The molecule has 0 aromatic heterocycles. The van der Waals surface area contributed by atoms with Gasteiger partial charge in [-0.3, -0.25) is 4.79 Å². The van der Waals surface area contributed by atoms with Crippen molar-refractivity contribution in [2.45, 2.75) is 51.4 Å². The maximum Gasteiger partial charge on any atom is 0.132 e. The number of allylic oxidation sites excluding steroid dienone is 1. The Morgan fingerprint density at radius 1 is 0.950 bits per heavy atom. The molecule has 0 aliphatic heterocycles. The molecule has 2 saturated carbocycles. The van der Waals surface area contributed by atoms with Gasteiger partial charge in [0.05, 0.1) is 0 Å². The Morgan fingerprint density at radius 3 is 2.40 bits per heavy atom. The van der Waals surface area contributed by atoms with Crippen LogP contribution in [0.15, 0.2) is 35.9 Å². The molecule has 1 nitrogen and oxygen atoms in total. The number of carbonyl (C=O) groups is 1. The zero-order valence-electron chi connectivity index (χ0n) is 11.8. The summed E-state index contributed by atoms with van der Waals surface area (Å²) >= 11 is 6.72. The third-order valence-electron chi connectivity index (χ3n) is 5.01. The Hall–Kier alpha value is -1.08. The quantitative estimate of drug-likeness (QED) is 0.682. The number of Topliss-reactive ketones (excluding diaryl/α,β-unsaturated/α-hetero) is 1. The van der Waals surface area contributed by atoms with Gasteiger partial charge in [0.25, 0.3) is 0 Å². The zero-order chi connectivity index (χ0) is 14.0. The lowest BCUT2D eigenvalue weighted by Gasteiger charge is -2.30. The van der Waals surface area contributed by atoms with E-state index >= 15 is 0 Å². The molecule has 0 amide bonds. The maximum atomic E-state index is 11.7. The summed E-state index contributed by atoms with van der Waals surface area (Å²) in [6.07, 6.45) is 8.19. The lowest BCUT2D eigenvalue weighted by atomic mass is 9.75. The van der Waals surface area contributed by atoms with E-state index in [1.54, 1.807) is 0 Å². The highest BCUT2D eigenvalue weighted by Gasteiger charge is 2.40. The van der Waals surface area contributed by atoms with Crippen molar-refractivity contribution >= 4 is 22.4 Å². The molecule has 0 bridgehead atoms. The second-order valence-electron chi connectivity index (χ2n) is 6.18.